The van der Waals surface area contributed by atoms with E-state index in [1.54, 1.807) is 6.20 Å². The molecule has 1 atom stereocenters. The topological polar surface area (TPSA) is 67.1 Å². The van der Waals surface area contributed by atoms with Crippen molar-refractivity contribution in [3.8, 4) is 0 Å². The predicted octanol–water partition coefficient (Wildman–Crippen LogP) is 1.99. The Bertz CT molecular complexity index is 577. The number of nitrogens with one attached hydrogen (secondary N) is 1. The summed E-state index contributed by atoms with van der Waals surface area (Å²) in [5, 5.41) is 12.1. The van der Waals surface area contributed by atoms with E-state index in [1.807, 2.05) is 22.8 Å². The van der Waals surface area contributed by atoms with Gasteiger partial charge in [0.2, 0.25) is 5.95 Å². The van der Waals surface area contributed by atoms with Crippen LogP contribution in [0.25, 0.3) is 0 Å². The van der Waals surface area contributed by atoms with Gasteiger partial charge in [0, 0.05) is 12.7 Å². The maximum atomic E-state index is 11.0. The minimum Gasteiger partial charge on any atom is -0.476 e. The van der Waals surface area contributed by atoms with Gasteiger partial charge in [0.1, 0.15) is 0 Å². The summed E-state index contributed by atoms with van der Waals surface area (Å²) in [5.41, 5.74) is 1.26. The van der Waals surface area contributed by atoms with E-state index in [2.05, 4.69) is 22.4 Å². The van der Waals surface area contributed by atoms with Crippen LogP contribution in [0.5, 0.6) is 0 Å². The maximum Gasteiger partial charge on any atom is 0.356 e. The second-order valence-corrected chi connectivity index (χ2v) is 4.30. The number of nitrogens with zero attached hydrogens (tertiary/aromatic N) is 2. The molecule has 0 saturated heterocycles. The van der Waals surface area contributed by atoms with Gasteiger partial charge in [-0.25, -0.2) is 9.78 Å². The van der Waals surface area contributed by atoms with Crippen molar-refractivity contribution in [3.05, 3.63) is 47.8 Å². The lowest BCUT2D eigenvalue weighted by atomic mass is 10.0. The highest BCUT2D eigenvalue weighted by Gasteiger charge is 2.24. The Labute approximate surface area is 104 Å². The monoisotopic (exact) mass is 243 g/mol. The summed E-state index contributed by atoms with van der Waals surface area (Å²) >= 11 is 0. The standard InChI is InChI=1S/C13H13N3O2/c17-12(18)10-8-16-11(6-7-14-13(16)15-10)9-4-2-1-3-5-9/h1-5,8,11H,6-7H2,(H,14,15)(H,17,18). The van der Waals surface area contributed by atoms with Crippen molar-refractivity contribution in [2.24, 2.45) is 0 Å². The summed E-state index contributed by atoms with van der Waals surface area (Å²) in [7, 11) is 0. The second kappa shape index (κ2) is 4.18. The number of aromatic nitrogens is 2. The van der Waals surface area contributed by atoms with Crippen molar-refractivity contribution in [2.75, 3.05) is 11.9 Å². The molecule has 1 unspecified atom stereocenters. The Morgan fingerprint density at radius 3 is 2.89 bits per heavy atom. The predicted molar refractivity (Wildman–Crippen MR) is 66.9 cm³/mol. The molecule has 1 aromatic heterocycles. The Balaban J connectivity index is 2.04. The van der Waals surface area contributed by atoms with Crippen molar-refractivity contribution in [3.63, 3.8) is 0 Å². The van der Waals surface area contributed by atoms with Crippen LogP contribution >= 0.6 is 0 Å². The van der Waals surface area contributed by atoms with Crippen molar-refractivity contribution < 1.29 is 9.90 Å². The van der Waals surface area contributed by atoms with E-state index in [0.29, 0.717) is 5.95 Å². The highest BCUT2D eigenvalue weighted by atomic mass is 16.4. The number of carboxylic acids is 1. The Hall–Kier alpha value is -2.30. The average Bonchev–Trinajstić information content (AvgIpc) is 2.83. The number of imidazole rings is 1. The van der Waals surface area contributed by atoms with Gasteiger partial charge in [0.15, 0.2) is 5.69 Å². The van der Waals surface area contributed by atoms with Crippen LogP contribution in [0.15, 0.2) is 36.5 Å². The zero-order valence-corrected chi connectivity index (χ0v) is 9.71. The van der Waals surface area contributed by atoms with E-state index in [-0.39, 0.29) is 11.7 Å². The summed E-state index contributed by atoms with van der Waals surface area (Å²) in [6.45, 7) is 0.801. The lowest BCUT2D eigenvalue weighted by Crippen LogP contribution is -2.23. The first-order chi connectivity index (χ1) is 8.75. The molecule has 0 fully saturated rings. The van der Waals surface area contributed by atoms with E-state index in [0.717, 1.165) is 13.0 Å². The van der Waals surface area contributed by atoms with Gasteiger partial charge in [0.05, 0.1) is 6.04 Å². The average molecular weight is 243 g/mol. The molecule has 0 bridgehead atoms. The van der Waals surface area contributed by atoms with Crippen molar-refractivity contribution in [2.45, 2.75) is 12.5 Å². The zero-order valence-electron chi connectivity index (χ0n) is 9.71. The van der Waals surface area contributed by atoms with E-state index >= 15 is 0 Å². The summed E-state index contributed by atoms with van der Waals surface area (Å²) in [4.78, 5) is 15.0. The second-order valence-electron chi connectivity index (χ2n) is 4.30. The molecule has 0 radical (unpaired) electrons. The third-order valence-electron chi connectivity index (χ3n) is 3.17. The van der Waals surface area contributed by atoms with Crippen LogP contribution in [0.4, 0.5) is 5.95 Å². The van der Waals surface area contributed by atoms with E-state index in [4.69, 9.17) is 5.11 Å². The highest BCUT2D eigenvalue weighted by molar-refractivity contribution is 5.85. The largest absolute Gasteiger partial charge is 0.476 e. The molecule has 2 heterocycles. The van der Waals surface area contributed by atoms with Gasteiger partial charge >= 0.3 is 5.97 Å². The van der Waals surface area contributed by atoms with Crippen LogP contribution in [-0.2, 0) is 0 Å². The SMILES string of the molecule is O=C(O)c1cn2c(n1)NCCC2c1ccccc1. The van der Waals surface area contributed by atoms with Crippen LogP contribution in [0.2, 0.25) is 0 Å². The molecule has 0 amide bonds. The zero-order chi connectivity index (χ0) is 12.5. The van der Waals surface area contributed by atoms with Crippen LogP contribution in [0.3, 0.4) is 0 Å². The maximum absolute atomic E-state index is 11.0. The molecule has 1 aromatic carbocycles. The van der Waals surface area contributed by atoms with Gasteiger partial charge in [-0.3, -0.25) is 0 Å². The molecule has 92 valence electrons. The lowest BCUT2D eigenvalue weighted by Gasteiger charge is -2.26. The van der Waals surface area contributed by atoms with Gasteiger partial charge in [-0.15, -0.1) is 0 Å². The molecule has 18 heavy (non-hydrogen) atoms. The van der Waals surface area contributed by atoms with Crippen LogP contribution in [-0.4, -0.2) is 27.2 Å². The van der Waals surface area contributed by atoms with Crippen LogP contribution in [0.1, 0.15) is 28.5 Å². The molecule has 3 rings (SSSR count). The fraction of sp³-hybridized carbons (Fsp3) is 0.231. The molecule has 0 aliphatic carbocycles. The minimum atomic E-state index is -0.995. The summed E-state index contributed by atoms with van der Waals surface area (Å²) < 4.78 is 1.91. The molecule has 0 saturated carbocycles. The van der Waals surface area contributed by atoms with Gasteiger partial charge < -0.3 is 15.0 Å². The molecule has 0 spiro atoms. The fourth-order valence-corrected chi connectivity index (χ4v) is 2.33. The number of hydrogen-bond donors (Lipinski definition) is 2. The fourth-order valence-electron chi connectivity index (χ4n) is 2.33. The third-order valence-corrected chi connectivity index (χ3v) is 3.17. The summed E-state index contributed by atoms with van der Waals surface area (Å²) in [6, 6.07) is 10.2. The molecule has 5 heteroatoms. The molecule has 2 N–H and O–H groups in total. The van der Waals surface area contributed by atoms with Crippen molar-refractivity contribution in [1.29, 1.82) is 0 Å². The number of aromatic carboxylic acids is 1. The van der Waals surface area contributed by atoms with E-state index < -0.39 is 5.97 Å². The normalized spacial score (nSPS) is 17.9. The van der Waals surface area contributed by atoms with E-state index in [1.165, 1.54) is 5.56 Å². The van der Waals surface area contributed by atoms with Crippen LogP contribution < -0.4 is 5.32 Å². The molecule has 1 aliphatic heterocycles. The van der Waals surface area contributed by atoms with Crippen molar-refractivity contribution >= 4 is 11.9 Å². The van der Waals surface area contributed by atoms with Crippen LogP contribution in [0, 0.1) is 0 Å². The molecule has 2 aromatic rings. The first-order valence-corrected chi connectivity index (χ1v) is 5.86. The van der Waals surface area contributed by atoms with E-state index in [9.17, 15) is 4.79 Å². The minimum absolute atomic E-state index is 0.0836. The molecule has 1 aliphatic rings. The molecule has 5 nitrogen and oxygen atoms in total. The van der Waals surface area contributed by atoms with Gasteiger partial charge in [-0.05, 0) is 12.0 Å². The Kier molecular flexibility index (Phi) is 2.51. The molecular weight excluding hydrogens is 230 g/mol. The third kappa shape index (κ3) is 1.73. The number of fused-ring (bicyclic) bond motifs is 1. The summed E-state index contributed by atoms with van der Waals surface area (Å²) in [6.07, 6.45) is 2.52. The van der Waals surface area contributed by atoms with Gasteiger partial charge in [-0.2, -0.15) is 0 Å². The number of anilines is 1. The smallest absolute Gasteiger partial charge is 0.356 e. The first-order valence-electron chi connectivity index (χ1n) is 5.86. The number of carboxylic acid groups (broad SMARTS) is 1. The first kappa shape index (κ1) is 10.8. The number of carbonyl (C=O) groups is 1. The number of hydrogen-bond acceptors (Lipinski definition) is 3. The number of benzene rings is 1. The Morgan fingerprint density at radius 1 is 1.39 bits per heavy atom. The number of rotatable bonds is 2. The Morgan fingerprint density at radius 2 is 2.17 bits per heavy atom. The highest BCUT2D eigenvalue weighted by Crippen LogP contribution is 2.29. The van der Waals surface area contributed by atoms with Crippen molar-refractivity contribution in [1.82, 2.24) is 9.55 Å². The van der Waals surface area contributed by atoms with Gasteiger partial charge in [-0.1, -0.05) is 30.3 Å². The quantitative estimate of drug-likeness (QED) is 0.846. The lowest BCUT2D eigenvalue weighted by molar-refractivity contribution is 0.0691. The summed E-state index contributed by atoms with van der Waals surface area (Å²) in [5.74, 6) is -0.363. The van der Waals surface area contributed by atoms with Gasteiger partial charge in [0.25, 0.3) is 0 Å². The molecular formula is C13H13N3O2.